The molecule has 2 rings (SSSR count). The van der Waals surface area contributed by atoms with Crippen molar-refractivity contribution in [1.29, 1.82) is 0 Å². The molecule has 1 saturated heterocycles. The van der Waals surface area contributed by atoms with Gasteiger partial charge in [0.25, 0.3) is 0 Å². The molecule has 0 aliphatic carbocycles. The Morgan fingerprint density at radius 3 is 2.95 bits per heavy atom. The van der Waals surface area contributed by atoms with Gasteiger partial charge in [-0.3, -0.25) is 10.1 Å². The van der Waals surface area contributed by atoms with Crippen LogP contribution in [0.3, 0.4) is 0 Å². The van der Waals surface area contributed by atoms with Crippen LogP contribution in [0.4, 0.5) is 11.4 Å². The fourth-order valence-electron chi connectivity index (χ4n) is 2.84. The standard InChI is InChI=1S/C15H23N3O3/c1-3-21-14-8-4-7-13(15(14)18(19)20)17(2)12-6-5-10-16-11-9-12/h4,7-8,12,16H,3,5-6,9-11H2,1-2H3. The predicted molar refractivity (Wildman–Crippen MR) is 83.2 cm³/mol. The average molecular weight is 293 g/mol. The smallest absolute Gasteiger partial charge is 0.333 e. The van der Waals surface area contributed by atoms with Gasteiger partial charge in [0.05, 0.1) is 11.5 Å². The van der Waals surface area contributed by atoms with E-state index >= 15 is 0 Å². The van der Waals surface area contributed by atoms with E-state index in [1.54, 1.807) is 12.1 Å². The summed E-state index contributed by atoms with van der Waals surface area (Å²) in [6.07, 6.45) is 3.12. The van der Waals surface area contributed by atoms with E-state index in [4.69, 9.17) is 4.74 Å². The molecule has 1 aromatic rings. The van der Waals surface area contributed by atoms with Crippen molar-refractivity contribution < 1.29 is 9.66 Å². The van der Waals surface area contributed by atoms with Gasteiger partial charge in [-0.25, -0.2) is 0 Å². The molecule has 1 aromatic carbocycles. The molecule has 1 aliphatic rings. The summed E-state index contributed by atoms with van der Waals surface area (Å²) in [6.45, 7) is 4.22. The number of para-hydroxylation sites is 1. The van der Waals surface area contributed by atoms with Crippen LogP contribution in [-0.4, -0.2) is 37.7 Å². The highest BCUT2D eigenvalue weighted by atomic mass is 16.6. The molecule has 0 amide bonds. The predicted octanol–water partition coefficient (Wildman–Crippen LogP) is 2.57. The first kappa shape index (κ1) is 15.6. The lowest BCUT2D eigenvalue weighted by Gasteiger charge is -2.29. The minimum atomic E-state index is -0.341. The minimum absolute atomic E-state index is 0.0686. The maximum atomic E-state index is 11.5. The molecule has 6 heteroatoms. The summed E-state index contributed by atoms with van der Waals surface area (Å²) in [6, 6.07) is 5.60. The maximum Gasteiger partial charge on any atom is 0.333 e. The van der Waals surface area contributed by atoms with Gasteiger partial charge in [-0.1, -0.05) is 6.07 Å². The van der Waals surface area contributed by atoms with Crippen molar-refractivity contribution in [2.75, 3.05) is 31.6 Å². The van der Waals surface area contributed by atoms with Crippen LogP contribution >= 0.6 is 0 Å². The fourth-order valence-corrected chi connectivity index (χ4v) is 2.84. The van der Waals surface area contributed by atoms with Crippen LogP contribution < -0.4 is 15.0 Å². The van der Waals surface area contributed by atoms with Gasteiger partial charge in [-0.15, -0.1) is 0 Å². The highest BCUT2D eigenvalue weighted by molar-refractivity contribution is 5.69. The Morgan fingerprint density at radius 2 is 2.24 bits per heavy atom. The molecule has 1 atom stereocenters. The van der Waals surface area contributed by atoms with Gasteiger partial charge >= 0.3 is 5.69 Å². The largest absolute Gasteiger partial charge is 0.487 e. The number of nitro benzene ring substituents is 1. The molecular weight excluding hydrogens is 270 g/mol. The van der Waals surface area contributed by atoms with Crippen LogP contribution in [-0.2, 0) is 0 Å². The van der Waals surface area contributed by atoms with Gasteiger partial charge in [-0.2, -0.15) is 0 Å². The quantitative estimate of drug-likeness (QED) is 0.667. The summed E-state index contributed by atoms with van der Waals surface area (Å²) in [5.74, 6) is 0.346. The second-order valence-corrected chi connectivity index (χ2v) is 5.26. The van der Waals surface area contributed by atoms with Crippen LogP contribution in [0.25, 0.3) is 0 Å². The SMILES string of the molecule is CCOc1cccc(N(C)C2CCCNCC2)c1[N+](=O)[O-]. The maximum absolute atomic E-state index is 11.5. The van der Waals surface area contributed by atoms with Crippen LogP contribution in [0.1, 0.15) is 26.2 Å². The Balaban J connectivity index is 2.32. The molecule has 21 heavy (non-hydrogen) atoms. The summed E-state index contributed by atoms with van der Waals surface area (Å²) in [5, 5.41) is 14.8. The topological polar surface area (TPSA) is 67.6 Å². The summed E-state index contributed by atoms with van der Waals surface area (Å²) in [4.78, 5) is 13.2. The van der Waals surface area contributed by atoms with Crippen LogP contribution in [0.2, 0.25) is 0 Å². The minimum Gasteiger partial charge on any atom is -0.487 e. The van der Waals surface area contributed by atoms with Crippen LogP contribution in [0, 0.1) is 10.1 Å². The van der Waals surface area contributed by atoms with E-state index in [0.717, 1.165) is 32.4 Å². The summed E-state index contributed by atoms with van der Waals surface area (Å²) >= 11 is 0. The lowest BCUT2D eigenvalue weighted by molar-refractivity contribution is -0.385. The first-order chi connectivity index (χ1) is 10.1. The van der Waals surface area contributed by atoms with Gasteiger partial charge in [0.15, 0.2) is 5.75 Å². The monoisotopic (exact) mass is 293 g/mol. The van der Waals surface area contributed by atoms with E-state index in [0.29, 0.717) is 24.1 Å². The molecule has 116 valence electrons. The number of anilines is 1. The van der Waals surface area contributed by atoms with Crippen molar-refractivity contribution in [2.24, 2.45) is 0 Å². The third kappa shape index (κ3) is 3.64. The molecule has 1 fully saturated rings. The zero-order chi connectivity index (χ0) is 15.2. The Morgan fingerprint density at radius 1 is 1.43 bits per heavy atom. The number of hydrogen-bond donors (Lipinski definition) is 1. The fraction of sp³-hybridized carbons (Fsp3) is 0.600. The van der Waals surface area contributed by atoms with Crippen molar-refractivity contribution in [3.05, 3.63) is 28.3 Å². The van der Waals surface area contributed by atoms with E-state index in [2.05, 4.69) is 5.32 Å². The summed E-state index contributed by atoms with van der Waals surface area (Å²) in [7, 11) is 1.94. The first-order valence-electron chi connectivity index (χ1n) is 7.49. The lowest BCUT2D eigenvalue weighted by Crippen LogP contribution is -2.32. The molecule has 0 radical (unpaired) electrons. The number of nitro groups is 1. The zero-order valence-electron chi connectivity index (χ0n) is 12.7. The van der Waals surface area contributed by atoms with E-state index < -0.39 is 0 Å². The van der Waals surface area contributed by atoms with Gasteiger partial charge < -0.3 is 15.0 Å². The summed E-state index contributed by atoms with van der Waals surface area (Å²) in [5.41, 5.74) is 0.705. The molecule has 1 aliphatic heterocycles. The average Bonchev–Trinajstić information content (AvgIpc) is 2.75. The molecule has 0 spiro atoms. The molecular formula is C15H23N3O3. The van der Waals surface area contributed by atoms with Gasteiger partial charge in [-0.05, 0) is 51.4 Å². The zero-order valence-corrected chi connectivity index (χ0v) is 12.7. The molecule has 1 heterocycles. The Kier molecular flexibility index (Phi) is 5.38. The number of nitrogens with zero attached hydrogens (tertiary/aromatic N) is 2. The van der Waals surface area contributed by atoms with E-state index in [1.807, 2.05) is 24.9 Å². The van der Waals surface area contributed by atoms with Crippen LogP contribution in [0.15, 0.2) is 18.2 Å². The summed E-state index contributed by atoms with van der Waals surface area (Å²) < 4.78 is 5.42. The van der Waals surface area contributed by atoms with E-state index in [1.165, 1.54) is 0 Å². The molecule has 0 saturated carbocycles. The number of benzene rings is 1. The second kappa shape index (κ2) is 7.26. The molecule has 6 nitrogen and oxygen atoms in total. The van der Waals surface area contributed by atoms with Crippen molar-refractivity contribution in [3.63, 3.8) is 0 Å². The van der Waals surface area contributed by atoms with Gasteiger partial charge in [0, 0.05) is 13.1 Å². The highest BCUT2D eigenvalue weighted by Crippen LogP contribution is 2.38. The third-order valence-electron chi connectivity index (χ3n) is 3.93. The van der Waals surface area contributed by atoms with E-state index in [-0.39, 0.29) is 10.6 Å². The highest BCUT2D eigenvalue weighted by Gasteiger charge is 2.27. The van der Waals surface area contributed by atoms with Gasteiger partial charge in [0.2, 0.25) is 0 Å². The van der Waals surface area contributed by atoms with Crippen LogP contribution in [0.5, 0.6) is 5.75 Å². The number of ether oxygens (including phenoxy) is 1. The normalized spacial score (nSPS) is 18.9. The van der Waals surface area contributed by atoms with Crippen molar-refractivity contribution in [2.45, 2.75) is 32.2 Å². The number of hydrogen-bond acceptors (Lipinski definition) is 5. The van der Waals surface area contributed by atoms with Gasteiger partial charge in [0.1, 0.15) is 5.69 Å². The molecule has 0 bridgehead atoms. The Bertz CT molecular complexity index is 485. The Labute approximate surface area is 125 Å². The lowest BCUT2D eigenvalue weighted by atomic mass is 10.1. The first-order valence-corrected chi connectivity index (χ1v) is 7.49. The van der Waals surface area contributed by atoms with Crippen molar-refractivity contribution in [1.82, 2.24) is 5.32 Å². The molecule has 1 unspecified atom stereocenters. The Hall–Kier alpha value is -1.82. The van der Waals surface area contributed by atoms with Crippen molar-refractivity contribution >= 4 is 11.4 Å². The second-order valence-electron chi connectivity index (χ2n) is 5.26. The number of nitrogens with one attached hydrogen (secondary N) is 1. The molecule has 0 aromatic heterocycles. The van der Waals surface area contributed by atoms with Crippen molar-refractivity contribution in [3.8, 4) is 5.75 Å². The molecule has 1 N–H and O–H groups in total. The number of rotatable bonds is 5. The third-order valence-corrected chi connectivity index (χ3v) is 3.93. The van der Waals surface area contributed by atoms with E-state index in [9.17, 15) is 10.1 Å².